The molecule has 0 unspecified atom stereocenters. The number of ketones is 3. The molecule has 0 saturated carbocycles. The summed E-state index contributed by atoms with van der Waals surface area (Å²) in [7, 11) is 0. The van der Waals surface area contributed by atoms with Crippen LogP contribution in [0.15, 0.2) is 85.0 Å². The van der Waals surface area contributed by atoms with Crippen molar-refractivity contribution in [2.24, 2.45) is 11.8 Å². The summed E-state index contributed by atoms with van der Waals surface area (Å²) in [5.74, 6) is -2.14. The average Bonchev–Trinajstić information content (AvgIpc) is 3.15. The molecule has 0 aromatic heterocycles. The van der Waals surface area contributed by atoms with E-state index >= 15 is 0 Å². The van der Waals surface area contributed by atoms with Gasteiger partial charge in [0.2, 0.25) is 0 Å². The molecule has 3 aliphatic carbocycles. The molecule has 2 atom stereocenters. The van der Waals surface area contributed by atoms with Gasteiger partial charge in [-0.1, -0.05) is 72.8 Å². The van der Waals surface area contributed by atoms with E-state index in [1.807, 2.05) is 18.2 Å². The number of carbonyl (C=O) groups excluding carboxylic acids is 4. The zero-order chi connectivity index (χ0) is 22.7. The Bertz CT molecular complexity index is 1480. The van der Waals surface area contributed by atoms with Gasteiger partial charge in [-0.3, -0.25) is 19.2 Å². The summed E-state index contributed by atoms with van der Waals surface area (Å²) in [5, 5.41) is 2.80. The molecule has 1 N–H and O–H groups in total. The summed E-state index contributed by atoms with van der Waals surface area (Å²) in [6.07, 6.45) is 7.01. The van der Waals surface area contributed by atoms with E-state index in [1.54, 1.807) is 66.8 Å². The molecule has 0 bridgehead atoms. The Morgan fingerprint density at radius 2 is 1.27 bits per heavy atom. The number of benzene rings is 3. The lowest BCUT2D eigenvalue weighted by molar-refractivity contribution is 0.0802. The van der Waals surface area contributed by atoms with Gasteiger partial charge in [0, 0.05) is 16.7 Å². The van der Waals surface area contributed by atoms with Crippen LogP contribution in [-0.4, -0.2) is 23.3 Å². The molecule has 3 aliphatic rings. The molecule has 5 heteroatoms. The first-order valence-corrected chi connectivity index (χ1v) is 10.7. The lowest BCUT2D eigenvalue weighted by Gasteiger charge is -2.29. The number of rotatable bonds is 2. The molecular weight excluding hydrogens is 414 g/mol. The maximum absolute atomic E-state index is 13.3. The van der Waals surface area contributed by atoms with Gasteiger partial charge in [-0.2, -0.15) is 0 Å². The van der Waals surface area contributed by atoms with Crippen molar-refractivity contribution in [1.82, 2.24) is 0 Å². The third kappa shape index (κ3) is 2.72. The van der Waals surface area contributed by atoms with Crippen LogP contribution in [0.4, 0.5) is 5.69 Å². The predicted octanol–water partition coefficient (Wildman–Crippen LogP) is 4.89. The van der Waals surface area contributed by atoms with Gasteiger partial charge < -0.3 is 5.32 Å². The van der Waals surface area contributed by atoms with Gasteiger partial charge in [0.25, 0.3) is 5.91 Å². The third-order valence-corrected chi connectivity index (χ3v) is 6.56. The highest BCUT2D eigenvalue weighted by Crippen LogP contribution is 2.40. The van der Waals surface area contributed by atoms with E-state index in [1.165, 1.54) is 0 Å². The van der Waals surface area contributed by atoms with Crippen LogP contribution < -0.4 is 5.32 Å². The van der Waals surface area contributed by atoms with Crippen LogP contribution in [0, 0.1) is 11.8 Å². The molecule has 3 aromatic carbocycles. The van der Waals surface area contributed by atoms with Crippen LogP contribution in [0.5, 0.6) is 0 Å². The first-order valence-electron chi connectivity index (χ1n) is 10.7. The van der Waals surface area contributed by atoms with E-state index in [-0.39, 0.29) is 34.2 Å². The standard InChI is InChI=1S/C28H17NO4/c30-25-18-9-3-4-10-19(18)27(32)24-20(25)12-6-14-22(24)29-28(33)21-13-5-11-16-15-7-1-2-8-17(15)26(31)23(16)21/h1-14,18-19H,(H,29,33)/t18-,19+/m1/s1. The fourth-order valence-corrected chi connectivity index (χ4v) is 5.03. The minimum atomic E-state index is -0.579. The average molecular weight is 431 g/mol. The maximum Gasteiger partial charge on any atom is 0.256 e. The largest absolute Gasteiger partial charge is 0.321 e. The van der Waals surface area contributed by atoms with Gasteiger partial charge in [0.15, 0.2) is 17.3 Å². The predicted molar refractivity (Wildman–Crippen MR) is 124 cm³/mol. The zero-order valence-electron chi connectivity index (χ0n) is 17.4. The normalized spacial score (nSPS) is 19.6. The van der Waals surface area contributed by atoms with Crippen molar-refractivity contribution >= 4 is 28.9 Å². The molecule has 1 amide bonds. The quantitative estimate of drug-likeness (QED) is 0.490. The smallest absolute Gasteiger partial charge is 0.256 e. The van der Waals surface area contributed by atoms with Crippen molar-refractivity contribution in [1.29, 1.82) is 0 Å². The van der Waals surface area contributed by atoms with Gasteiger partial charge in [0.05, 0.1) is 28.7 Å². The van der Waals surface area contributed by atoms with Crippen LogP contribution in [0.25, 0.3) is 11.1 Å². The molecule has 0 heterocycles. The molecule has 0 fully saturated rings. The summed E-state index contributed by atoms with van der Waals surface area (Å²) < 4.78 is 0. The fraction of sp³-hybridized carbons (Fsp3) is 0.0714. The van der Waals surface area contributed by atoms with Crippen LogP contribution in [0.2, 0.25) is 0 Å². The monoisotopic (exact) mass is 431 g/mol. The number of fused-ring (bicyclic) bond motifs is 5. The minimum absolute atomic E-state index is 0.141. The molecule has 3 aromatic rings. The highest BCUT2D eigenvalue weighted by Gasteiger charge is 2.41. The van der Waals surface area contributed by atoms with Crippen molar-refractivity contribution < 1.29 is 19.2 Å². The Morgan fingerprint density at radius 1 is 0.636 bits per heavy atom. The van der Waals surface area contributed by atoms with Crippen LogP contribution in [-0.2, 0) is 0 Å². The second-order valence-corrected chi connectivity index (χ2v) is 8.33. The van der Waals surface area contributed by atoms with Crippen molar-refractivity contribution in [2.45, 2.75) is 0 Å². The number of allylic oxidation sites excluding steroid dienone is 4. The number of carbonyl (C=O) groups is 4. The lowest BCUT2D eigenvalue weighted by atomic mass is 9.72. The Kier molecular flexibility index (Phi) is 4.14. The number of anilines is 1. The fourth-order valence-electron chi connectivity index (χ4n) is 5.03. The summed E-state index contributed by atoms with van der Waals surface area (Å²) in [6.45, 7) is 0. The van der Waals surface area contributed by atoms with E-state index in [4.69, 9.17) is 0 Å². The van der Waals surface area contributed by atoms with Gasteiger partial charge in [-0.15, -0.1) is 0 Å². The molecular formula is C28H17NO4. The van der Waals surface area contributed by atoms with Gasteiger partial charge in [0.1, 0.15) is 0 Å². The topological polar surface area (TPSA) is 80.3 Å². The van der Waals surface area contributed by atoms with E-state index in [9.17, 15) is 19.2 Å². The van der Waals surface area contributed by atoms with Gasteiger partial charge in [-0.05, 0) is 23.3 Å². The first-order chi connectivity index (χ1) is 16.1. The molecule has 6 rings (SSSR count). The van der Waals surface area contributed by atoms with Crippen LogP contribution >= 0.6 is 0 Å². The van der Waals surface area contributed by atoms with E-state index < -0.39 is 17.7 Å². The third-order valence-electron chi connectivity index (χ3n) is 6.56. The van der Waals surface area contributed by atoms with Crippen molar-refractivity contribution in [3.8, 4) is 11.1 Å². The first kappa shape index (κ1) is 19.3. The Balaban J connectivity index is 1.41. The summed E-state index contributed by atoms with van der Waals surface area (Å²) >= 11 is 0. The number of nitrogens with one attached hydrogen (secondary N) is 1. The van der Waals surface area contributed by atoms with Crippen molar-refractivity contribution in [3.05, 3.63) is 113 Å². The number of Topliss-reactive ketones (excluding diaryl/α,β-unsaturated/α-hetero) is 2. The Morgan fingerprint density at radius 3 is 2.06 bits per heavy atom. The SMILES string of the molecule is O=C(Nc1cccc2c1C(=O)[C@H]1C=CC=C[C@H]1C2=O)c1cccc2c1C(=O)c1ccccc1-2. The van der Waals surface area contributed by atoms with Gasteiger partial charge in [-0.25, -0.2) is 0 Å². The highest BCUT2D eigenvalue weighted by atomic mass is 16.2. The molecule has 0 spiro atoms. The van der Waals surface area contributed by atoms with E-state index in [2.05, 4.69) is 5.32 Å². The highest BCUT2D eigenvalue weighted by molar-refractivity contribution is 6.27. The number of hydrogen-bond acceptors (Lipinski definition) is 4. The second-order valence-electron chi connectivity index (χ2n) is 8.33. The molecule has 0 radical (unpaired) electrons. The molecule has 0 aliphatic heterocycles. The second kappa shape index (κ2) is 7.07. The Labute approximate surface area is 189 Å². The van der Waals surface area contributed by atoms with Gasteiger partial charge >= 0.3 is 0 Å². The summed E-state index contributed by atoms with van der Waals surface area (Å²) in [6, 6.07) is 17.3. The maximum atomic E-state index is 13.3. The zero-order valence-corrected chi connectivity index (χ0v) is 17.4. The summed E-state index contributed by atoms with van der Waals surface area (Å²) in [5.41, 5.74) is 3.47. The summed E-state index contributed by atoms with van der Waals surface area (Å²) in [4.78, 5) is 52.7. The van der Waals surface area contributed by atoms with Crippen LogP contribution in [0.1, 0.15) is 47.0 Å². The van der Waals surface area contributed by atoms with E-state index in [0.717, 1.165) is 5.56 Å². The minimum Gasteiger partial charge on any atom is -0.321 e. The van der Waals surface area contributed by atoms with Crippen molar-refractivity contribution in [2.75, 3.05) is 5.32 Å². The molecule has 5 nitrogen and oxygen atoms in total. The Hall–Kier alpha value is -4.38. The van der Waals surface area contributed by atoms with Crippen molar-refractivity contribution in [3.63, 3.8) is 0 Å². The number of hydrogen-bond donors (Lipinski definition) is 1. The van der Waals surface area contributed by atoms with Crippen LogP contribution in [0.3, 0.4) is 0 Å². The molecule has 158 valence electrons. The molecule has 33 heavy (non-hydrogen) atoms. The molecule has 0 saturated heterocycles. The number of amides is 1. The van der Waals surface area contributed by atoms with E-state index in [0.29, 0.717) is 22.3 Å². The lowest BCUT2D eigenvalue weighted by Crippen LogP contribution is -2.36.